The normalized spacial score (nSPS) is 25.0. The highest BCUT2D eigenvalue weighted by Gasteiger charge is 2.42. The van der Waals surface area contributed by atoms with Crippen molar-refractivity contribution in [3.63, 3.8) is 0 Å². The lowest BCUT2D eigenvalue weighted by atomic mass is 9.91. The molecule has 0 spiro atoms. The van der Waals surface area contributed by atoms with Gasteiger partial charge >= 0.3 is 0 Å². The molecule has 1 aromatic carbocycles. The summed E-state index contributed by atoms with van der Waals surface area (Å²) >= 11 is 0. The average Bonchev–Trinajstić information content (AvgIpc) is 2.98. The quantitative estimate of drug-likeness (QED) is 0.812. The number of likely N-dealkylation sites (tertiary alicyclic amines) is 1. The minimum atomic E-state index is -1.28. The van der Waals surface area contributed by atoms with Crippen LogP contribution in [0.4, 0.5) is 0 Å². The minimum Gasteiger partial charge on any atom is -0.383 e. The van der Waals surface area contributed by atoms with Gasteiger partial charge in [-0.15, -0.1) is 0 Å². The molecular formula is C18H26N2O3. The number of hydrogen-bond donors (Lipinski definition) is 2. The van der Waals surface area contributed by atoms with Crippen molar-refractivity contribution in [2.75, 3.05) is 33.4 Å². The number of nitrogens with one attached hydrogen (secondary N) is 1. The summed E-state index contributed by atoms with van der Waals surface area (Å²) in [5, 5.41) is 14.2. The molecule has 0 unspecified atom stereocenters. The van der Waals surface area contributed by atoms with Gasteiger partial charge in [0.15, 0.2) is 5.60 Å². The molecule has 1 aliphatic heterocycles. The van der Waals surface area contributed by atoms with Gasteiger partial charge in [-0.05, 0) is 36.8 Å². The zero-order valence-corrected chi connectivity index (χ0v) is 13.8. The van der Waals surface area contributed by atoms with E-state index < -0.39 is 5.60 Å². The second kappa shape index (κ2) is 6.99. The Bertz CT molecular complexity index is 538. The van der Waals surface area contributed by atoms with Crippen molar-refractivity contribution in [1.29, 1.82) is 0 Å². The highest BCUT2D eigenvalue weighted by Crippen LogP contribution is 2.25. The molecule has 5 heteroatoms. The van der Waals surface area contributed by atoms with Gasteiger partial charge in [0.2, 0.25) is 0 Å². The van der Waals surface area contributed by atoms with E-state index in [2.05, 4.69) is 29.6 Å². The molecule has 1 atom stereocenters. The maximum atomic E-state index is 12.6. The van der Waals surface area contributed by atoms with E-state index in [1.165, 1.54) is 11.1 Å². The molecule has 1 amide bonds. The van der Waals surface area contributed by atoms with Crippen LogP contribution >= 0.6 is 0 Å². The van der Waals surface area contributed by atoms with Crippen molar-refractivity contribution in [1.82, 2.24) is 10.2 Å². The van der Waals surface area contributed by atoms with E-state index in [0.29, 0.717) is 38.7 Å². The van der Waals surface area contributed by atoms with Gasteiger partial charge in [0.25, 0.3) is 5.91 Å². The minimum absolute atomic E-state index is 0.163. The van der Waals surface area contributed by atoms with E-state index in [1.54, 1.807) is 12.0 Å². The predicted molar refractivity (Wildman–Crippen MR) is 88.3 cm³/mol. The Morgan fingerprint density at radius 1 is 1.35 bits per heavy atom. The first kappa shape index (κ1) is 16.4. The smallest absolute Gasteiger partial charge is 0.255 e. The fourth-order valence-corrected chi connectivity index (χ4v) is 3.66. The number of amides is 1. The Morgan fingerprint density at radius 3 is 2.70 bits per heavy atom. The van der Waals surface area contributed by atoms with Crippen molar-refractivity contribution in [2.24, 2.45) is 0 Å². The van der Waals surface area contributed by atoms with Crippen molar-refractivity contribution >= 4 is 5.91 Å². The number of fused-ring (bicyclic) bond motifs is 1. The van der Waals surface area contributed by atoms with Crippen LogP contribution in [-0.2, 0) is 22.4 Å². The molecule has 1 aromatic rings. The first-order chi connectivity index (χ1) is 11.1. The number of ether oxygens (including phenoxy) is 1. The fraction of sp³-hybridized carbons (Fsp3) is 0.611. The molecule has 1 heterocycles. The van der Waals surface area contributed by atoms with Crippen molar-refractivity contribution in [2.45, 2.75) is 37.3 Å². The molecule has 3 rings (SSSR count). The molecule has 0 bridgehead atoms. The third-order valence-electron chi connectivity index (χ3n) is 5.00. The van der Waals surface area contributed by atoms with Crippen LogP contribution in [0.3, 0.4) is 0 Å². The molecule has 1 fully saturated rings. The monoisotopic (exact) mass is 318 g/mol. The third-order valence-corrected chi connectivity index (χ3v) is 5.00. The van der Waals surface area contributed by atoms with Crippen molar-refractivity contribution < 1.29 is 14.6 Å². The number of aliphatic hydroxyl groups is 1. The molecule has 0 radical (unpaired) electrons. The van der Waals surface area contributed by atoms with E-state index in [4.69, 9.17) is 4.74 Å². The third kappa shape index (κ3) is 3.57. The number of hydrogen-bond acceptors (Lipinski definition) is 4. The number of rotatable bonds is 6. The van der Waals surface area contributed by atoms with Gasteiger partial charge in [-0.25, -0.2) is 0 Å². The first-order valence-electron chi connectivity index (χ1n) is 8.43. The van der Waals surface area contributed by atoms with Crippen LogP contribution in [-0.4, -0.2) is 60.9 Å². The second-order valence-corrected chi connectivity index (χ2v) is 6.67. The molecule has 0 saturated carbocycles. The van der Waals surface area contributed by atoms with Crippen LogP contribution in [0.1, 0.15) is 24.0 Å². The van der Waals surface area contributed by atoms with E-state index in [9.17, 15) is 9.90 Å². The lowest BCUT2D eigenvalue weighted by Gasteiger charge is -2.38. The van der Waals surface area contributed by atoms with Gasteiger partial charge < -0.3 is 20.1 Å². The maximum Gasteiger partial charge on any atom is 0.255 e. The Hall–Kier alpha value is -1.43. The van der Waals surface area contributed by atoms with Crippen LogP contribution in [0, 0.1) is 0 Å². The number of benzene rings is 1. The lowest BCUT2D eigenvalue weighted by molar-refractivity contribution is -0.157. The predicted octanol–water partition coefficient (Wildman–Crippen LogP) is 0.743. The van der Waals surface area contributed by atoms with Crippen LogP contribution < -0.4 is 5.32 Å². The average molecular weight is 318 g/mol. The lowest BCUT2D eigenvalue weighted by Crippen LogP contribution is -2.59. The van der Waals surface area contributed by atoms with Crippen LogP contribution in [0.2, 0.25) is 0 Å². The summed E-state index contributed by atoms with van der Waals surface area (Å²) in [5.74, 6) is -0.163. The summed E-state index contributed by atoms with van der Waals surface area (Å²) in [6, 6.07) is 8.74. The van der Waals surface area contributed by atoms with Crippen LogP contribution in [0.5, 0.6) is 0 Å². The van der Waals surface area contributed by atoms with Gasteiger partial charge in [0.05, 0.1) is 6.61 Å². The number of nitrogens with zero attached hydrogens (tertiary/aromatic N) is 1. The van der Waals surface area contributed by atoms with Gasteiger partial charge in [0, 0.05) is 32.8 Å². The zero-order chi connectivity index (χ0) is 16.3. The van der Waals surface area contributed by atoms with Gasteiger partial charge in [-0.2, -0.15) is 0 Å². The van der Waals surface area contributed by atoms with Crippen molar-refractivity contribution in [3.8, 4) is 0 Å². The number of methoxy groups -OCH3 is 1. The van der Waals surface area contributed by atoms with Gasteiger partial charge in [0.1, 0.15) is 0 Å². The van der Waals surface area contributed by atoms with E-state index in [1.807, 2.05) is 0 Å². The maximum absolute atomic E-state index is 12.6. The van der Waals surface area contributed by atoms with Gasteiger partial charge in [-0.3, -0.25) is 4.79 Å². The molecule has 2 N–H and O–H groups in total. The Labute approximate surface area is 137 Å². The van der Waals surface area contributed by atoms with Crippen molar-refractivity contribution in [3.05, 3.63) is 35.4 Å². The molecular weight excluding hydrogens is 292 g/mol. The largest absolute Gasteiger partial charge is 0.383 e. The Kier molecular flexibility index (Phi) is 4.99. The summed E-state index contributed by atoms with van der Waals surface area (Å²) in [6.45, 7) is 2.09. The highest BCUT2D eigenvalue weighted by molar-refractivity contribution is 5.86. The van der Waals surface area contributed by atoms with E-state index >= 15 is 0 Å². The zero-order valence-electron chi connectivity index (χ0n) is 13.8. The summed E-state index contributed by atoms with van der Waals surface area (Å²) in [6.07, 6.45) is 3.29. The first-order valence-corrected chi connectivity index (χ1v) is 8.43. The summed E-state index contributed by atoms with van der Waals surface area (Å²) in [5.41, 5.74) is 1.46. The fourth-order valence-electron chi connectivity index (χ4n) is 3.66. The SMILES string of the molecule is COCCN1CCC[C@](O)(CNC2Cc3ccccc3C2)C1=O. The van der Waals surface area contributed by atoms with E-state index in [-0.39, 0.29) is 5.91 Å². The Balaban J connectivity index is 1.56. The molecule has 126 valence electrons. The van der Waals surface area contributed by atoms with Crippen LogP contribution in [0.25, 0.3) is 0 Å². The molecule has 5 nitrogen and oxygen atoms in total. The summed E-state index contributed by atoms with van der Waals surface area (Å²) in [4.78, 5) is 14.3. The molecule has 1 saturated heterocycles. The standard InChI is InChI=1S/C18H26N2O3/c1-23-10-9-20-8-4-7-18(22,17(20)21)13-19-16-11-14-5-2-3-6-15(14)12-16/h2-3,5-6,16,19,22H,4,7-13H2,1H3/t18-/m0/s1. The number of carbonyl (C=O) groups excluding carboxylic acids is 1. The van der Waals surface area contributed by atoms with E-state index in [0.717, 1.165) is 19.3 Å². The topological polar surface area (TPSA) is 61.8 Å². The number of carbonyl (C=O) groups is 1. The summed E-state index contributed by atoms with van der Waals surface area (Å²) < 4.78 is 5.05. The second-order valence-electron chi connectivity index (χ2n) is 6.67. The highest BCUT2D eigenvalue weighted by atomic mass is 16.5. The molecule has 0 aromatic heterocycles. The summed E-state index contributed by atoms with van der Waals surface area (Å²) in [7, 11) is 1.62. The van der Waals surface area contributed by atoms with Gasteiger partial charge in [-0.1, -0.05) is 24.3 Å². The molecule has 1 aliphatic carbocycles. The molecule has 2 aliphatic rings. The molecule has 23 heavy (non-hydrogen) atoms. The van der Waals surface area contributed by atoms with Crippen LogP contribution in [0.15, 0.2) is 24.3 Å². The number of piperidine rings is 1. The Morgan fingerprint density at radius 2 is 2.04 bits per heavy atom.